The summed E-state index contributed by atoms with van der Waals surface area (Å²) in [7, 11) is 3.93. The van der Waals surface area contributed by atoms with Gasteiger partial charge in [0.05, 0.1) is 17.3 Å². The topological polar surface area (TPSA) is 77.5 Å². The summed E-state index contributed by atoms with van der Waals surface area (Å²) in [6.07, 6.45) is -0.0339. The molecule has 1 heterocycles. The molecule has 0 fully saturated rings. The molecular weight excluding hydrogens is 443 g/mol. The maximum Gasteiger partial charge on any atom is 0.319 e. The summed E-state index contributed by atoms with van der Waals surface area (Å²) in [5, 5.41) is 15.9. The second kappa shape index (κ2) is 10.5. The molecule has 1 unspecified atom stereocenters. The molecule has 1 aromatic heterocycles. The van der Waals surface area contributed by atoms with Crippen LogP contribution in [0.3, 0.4) is 0 Å². The molecule has 0 aliphatic heterocycles. The first-order valence-electron chi connectivity index (χ1n) is 11.6. The maximum absolute atomic E-state index is 14.9. The van der Waals surface area contributed by atoms with E-state index < -0.39 is 12.1 Å². The lowest BCUT2D eigenvalue weighted by molar-refractivity contribution is 0.168. The van der Waals surface area contributed by atoms with Crippen LogP contribution in [0.1, 0.15) is 13.3 Å². The number of aromatic nitrogens is 1. The molecule has 3 N–H and O–H groups in total. The highest BCUT2D eigenvalue weighted by atomic mass is 19.1. The van der Waals surface area contributed by atoms with Gasteiger partial charge in [-0.15, -0.1) is 0 Å². The molecule has 0 spiro atoms. The van der Waals surface area contributed by atoms with Gasteiger partial charge in [0.15, 0.2) is 0 Å². The zero-order valence-electron chi connectivity index (χ0n) is 20.0. The fourth-order valence-electron chi connectivity index (χ4n) is 3.94. The van der Waals surface area contributed by atoms with Gasteiger partial charge in [-0.2, -0.15) is 0 Å². The molecule has 3 aromatic carbocycles. The van der Waals surface area contributed by atoms with E-state index >= 15 is 0 Å². The molecule has 0 bridgehead atoms. The number of urea groups is 1. The lowest BCUT2D eigenvalue weighted by Crippen LogP contribution is -2.34. The van der Waals surface area contributed by atoms with Gasteiger partial charge in [0.25, 0.3) is 0 Å². The number of carbonyl (C=O) groups is 1. The number of hydrogen-bond donors (Lipinski definition) is 3. The van der Waals surface area contributed by atoms with E-state index in [-0.39, 0.29) is 12.4 Å². The van der Waals surface area contributed by atoms with E-state index in [4.69, 9.17) is 4.98 Å². The number of carbonyl (C=O) groups excluding carboxylic acids is 1. The van der Waals surface area contributed by atoms with Crippen LogP contribution in [0.2, 0.25) is 0 Å². The lowest BCUT2D eigenvalue weighted by atomic mass is 9.95. The Morgan fingerprint density at radius 1 is 1.00 bits per heavy atom. The molecule has 7 heteroatoms. The Balaban J connectivity index is 1.81. The molecule has 4 aromatic rings. The van der Waals surface area contributed by atoms with E-state index in [1.54, 1.807) is 24.3 Å². The summed E-state index contributed by atoms with van der Waals surface area (Å²) in [6, 6.07) is 21.5. The van der Waals surface area contributed by atoms with Crippen molar-refractivity contribution in [1.29, 1.82) is 0 Å². The first-order valence-corrected chi connectivity index (χ1v) is 11.6. The van der Waals surface area contributed by atoms with Gasteiger partial charge in [-0.1, -0.05) is 43.3 Å². The van der Waals surface area contributed by atoms with E-state index in [0.29, 0.717) is 28.9 Å². The summed E-state index contributed by atoms with van der Waals surface area (Å²) in [5.41, 5.74) is 4.96. The summed E-state index contributed by atoms with van der Waals surface area (Å²) < 4.78 is 14.9. The zero-order chi connectivity index (χ0) is 24.9. The Morgan fingerprint density at radius 2 is 1.71 bits per heavy atom. The minimum absolute atomic E-state index is 0.170. The van der Waals surface area contributed by atoms with Gasteiger partial charge in [-0.3, -0.25) is 0 Å². The van der Waals surface area contributed by atoms with Crippen molar-refractivity contribution in [1.82, 2.24) is 10.3 Å². The monoisotopic (exact) mass is 472 g/mol. The van der Waals surface area contributed by atoms with Crippen LogP contribution in [0, 0.1) is 5.82 Å². The fourth-order valence-corrected chi connectivity index (χ4v) is 3.94. The molecule has 35 heavy (non-hydrogen) atoms. The normalized spacial score (nSPS) is 11.8. The number of hydrogen-bond acceptors (Lipinski definition) is 4. The second-order valence-electron chi connectivity index (χ2n) is 8.58. The Hall–Kier alpha value is -3.97. The van der Waals surface area contributed by atoms with Crippen molar-refractivity contribution in [2.75, 3.05) is 30.9 Å². The Bertz CT molecular complexity index is 1360. The molecule has 0 saturated heterocycles. The minimum atomic E-state index is -0.589. The average Bonchev–Trinajstić information content (AvgIpc) is 2.86. The molecule has 0 aliphatic carbocycles. The number of nitrogens with zero attached hydrogens (tertiary/aromatic N) is 2. The van der Waals surface area contributed by atoms with Crippen molar-refractivity contribution in [2.45, 2.75) is 19.4 Å². The number of nitrogens with one attached hydrogen (secondary N) is 2. The molecule has 0 saturated carbocycles. The number of para-hydroxylation sites is 1. The standard InChI is InChI=1S/C28H29FN4O2/c1-4-20(34)17-30-28(35)31-19-13-14-25-18(15-19)16-23(21-9-5-7-11-24(21)29)27(32-25)22-10-6-8-12-26(22)33(2)3/h5-16,20,34H,4,17H2,1-3H3,(H2,30,31,35). The van der Waals surface area contributed by atoms with E-state index in [1.165, 1.54) is 6.07 Å². The van der Waals surface area contributed by atoms with E-state index in [0.717, 1.165) is 22.2 Å². The maximum atomic E-state index is 14.9. The second-order valence-corrected chi connectivity index (χ2v) is 8.58. The van der Waals surface area contributed by atoms with E-state index in [9.17, 15) is 14.3 Å². The Labute approximate surface area is 204 Å². The highest BCUT2D eigenvalue weighted by molar-refractivity contribution is 5.97. The smallest absolute Gasteiger partial charge is 0.319 e. The van der Waals surface area contributed by atoms with Crippen molar-refractivity contribution in [3.8, 4) is 22.4 Å². The number of halogens is 1. The van der Waals surface area contributed by atoms with E-state index in [1.807, 2.05) is 68.4 Å². The molecule has 4 rings (SSSR count). The van der Waals surface area contributed by atoms with Gasteiger partial charge in [0.2, 0.25) is 0 Å². The summed E-state index contributed by atoms with van der Waals surface area (Å²) in [4.78, 5) is 19.2. The highest BCUT2D eigenvalue weighted by Crippen LogP contribution is 2.38. The summed E-state index contributed by atoms with van der Waals surface area (Å²) in [5.74, 6) is -0.333. The van der Waals surface area contributed by atoms with Gasteiger partial charge >= 0.3 is 6.03 Å². The van der Waals surface area contributed by atoms with Gasteiger partial charge in [-0.05, 0) is 42.8 Å². The van der Waals surface area contributed by atoms with Crippen molar-refractivity contribution in [3.05, 3.63) is 78.6 Å². The van der Waals surface area contributed by atoms with Crippen molar-refractivity contribution < 1.29 is 14.3 Å². The van der Waals surface area contributed by atoms with Gasteiger partial charge in [0.1, 0.15) is 5.82 Å². The number of anilines is 2. The predicted molar refractivity (Wildman–Crippen MR) is 140 cm³/mol. The zero-order valence-corrected chi connectivity index (χ0v) is 20.0. The number of aliphatic hydroxyl groups excluding tert-OH is 1. The number of aliphatic hydroxyl groups is 1. The van der Waals surface area contributed by atoms with Crippen LogP contribution < -0.4 is 15.5 Å². The van der Waals surface area contributed by atoms with Gasteiger partial charge < -0.3 is 20.6 Å². The quantitative estimate of drug-likeness (QED) is 0.324. The minimum Gasteiger partial charge on any atom is -0.391 e. The number of rotatable bonds is 7. The van der Waals surface area contributed by atoms with Crippen LogP contribution in [-0.2, 0) is 0 Å². The molecule has 0 aliphatic rings. The van der Waals surface area contributed by atoms with Gasteiger partial charge in [-0.25, -0.2) is 14.2 Å². The van der Waals surface area contributed by atoms with Crippen molar-refractivity contribution >= 4 is 28.3 Å². The molecule has 2 amide bonds. The molecule has 0 radical (unpaired) electrons. The third-order valence-electron chi connectivity index (χ3n) is 5.85. The van der Waals surface area contributed by atoms with Crippen molar-refractivity contribution in [3.63, 3.8) is 0 Å². The first kappa shape index (κ1) is 24.2. The largest absolute Gasteiger partial charge is 0.391 e. The summed E-state index contributed by atoms with van der Waals surface area (Å²) in [6.45, 7) is 2.02. The average molecular weight is 473 g/mol. The fraction of sp³-hybridized carbons (Fsp3) is 0.214. The Kier molecular flexibility index (Phi) is 7.27. The SMILES string of the molecule is CCC(O)CNC(=O)Nc1ccc2nc(-c3ccccc3N(C)C)c(-c3ccccc3F)cc2c1. The Morgan fingerprint density at radius 3 is 2.43 bits per heavy atom. The van der Waals surface area contributed by atoms with Crippen molar-refractivity contribution in [2.24, 2.45) is 0 Å². The predicted octanol–water partition coefficient (Wildman–Crippen LogP) is 5.67. The van der Waals surface area contributed by atoms with Crippen LogP contribution in [0.4, 0.5) is 20.6 Å². The van der Waals surface area contributed by atoms with E-state index in [2.05, 4.69) is 10.6 Å². The highest BCUT2D eigenvalue weighted by Gasteiger charge is 2.18. The number of pyridine rings is 1. The molecular formula is C28H29FN4O2. The van der Waals surface area contributed by atoms with Gasteiger partial charge in [0, 0.05) is 54.1 Å². The third kappa shape index (κ3) is 5.41. The van der Waals surface area contributed by atoms with Crippen LogP contribution >= 0.6 is 0 Å². The van der Waals surface area contributed by atoms with Crippen LogP contribution in [0.15, 0.2) is 72.8 Å². The number of benzene rings is 3. The summed E-state index contributed by atoms with van der Waals surface area (Å²) >= 11 is 0. The molecule has 6 nitrogen and oxygen atoms in total. The number of fused-ring (bicyclic) bond motifs is 1. The van der Waals surface area contributed by atoms with Crippen LogP contribution in [0.5, 0.6) is 0 Å². The van der Waals surface area contributed by atoms with Crippen LogP contribution in [0.25, 0.3) is 33.3 Å². The van der Waals surface area contributed by atoms with Crippen LogP contribution in [-0.4, -0.2) is 42.9 Å². The third-order valence-corrected chi connectivity index (χ3v) is 5.85. The first-order chi connectivity index (χ1) is 16.9. The molecule has 1 atom stereocenters. The lowest BCUT2D eigenvalue weighted by Gasteiger charge is -2.20. The molecule has 180 valence electrons. The number of amides is 2.